The van der Waals surface area contributed by atoms with Gasteiger partial charge in [-0.1, -0.05) is 30.3 Å². The van der Waals surface area contributed by atoms with Gasteiger partial charge in [0.25, 0.3) is 0 Å². The fourth-order valence-electron chi connectivity index (χ4n) is 3.58. The third-order valence-electron chi connectivity index (χ3n) is 5.13. The number of ether oxygens (including phenoxy) is 1. The molecule has 0 aliphatic carbocycles. The highest BCUT2D eigenvalue weighted by Crippen LogP contribution is 2.30. The number of nitrogens with one attached hydrogen (secondary N) is 1. The van der Waals surface area contributed by atoms with E-state index < -0.39 is 0 Å². The Labute approximate surface area is 174 Å². The van der Waals surface area contributed by atoms with Gasteiger partial charge in [0.2, 0.25) is 0 Å². The summed E-state index contributed by atoms with van der Waals surface area (Å²) in [5.74, 6) is 4.18. The summed E-state index contributed by atoms with van der Waals surface area (Å²) in [5.41, 5.74) is 4.19. The van der Waals surface area contributed by atoms with Crippen molar-refractivity contribution in [3.63, 3.8) is 0 Å². The molecule has 2 aromatic carbocycles. The van der Waals surface area contributed by atoms with E-state index in [1.165, 1.54) is 0 Å². The minimum Gasteiger partial charge on any atom is -0.489 e. The Morgan fingerprint density at radius 2 is 1.76 bits per heavy atom. The Kier molecular flexibility index (Phi) is 5.09. The largest absolute Gasteiger partial charge is 0.489 e. The van der Waals surface area contributed by atoms with E-state index in [4.69, 9.17) is 4.74 Å². The first-order valence-electron chi connectivity index (χ1n) is 9.80. The number of hydrogen-bond acceptors (Lipinski definition) is 5. The lowest BCUT2D eigenvalue weighted by Crippen LogP contribution is -2.33. The van der Waals surface area contributed by atoms with Crippen molar-refractivity contribution in [3.8, 4) is 17.0 Å². The molecule has 29 heavy (non-hydrogen) atoms. The van der Waals surface area contributed by atoms with Crippen molar-refractivity contribution >= 4 is 28.6 Å². The monoisotopic (exact) mass is 402 g/mol. The van der Waals surface area contributed by atoms with Crippen LogP contribution in [-0.4, -0.2) is 39.5 Å². The Bertz CT molecular complexity index is 1090. The van der Waals surface area contributed by atoms with Gasteiger partial charge in [0.15, 0.2) is 0 Å². The van der Waals surface area contributed by atoms with Crippen LogP contribution in [0.3, 0.4) is 0 Å². The van der Waals surface area contributed by atoms with Crippen LogP contribution in [0.2, 0.25) is 0 Å². The molecule has 2 aromatic heterocycles. The first kappa shape index (κ1) is 18.1. The zero-order chi connectivity index (χ0) is 19.5. The number of anilines is 1. The van der Waals surface area contributed by atoms with Crippen LogP contribution in [0.1, 0.15) is 5.56 Å². The van der Waals surface area contributed by atoms with Crippen LogP contribution in [0.5, 0.6) is 5.75 Å². The zero-order valence-electron chi connectivity index (χ0n) is 16.0. The first-order valence-corrected chi connectivity index (χ1v) is 11.0. The van der Waals surface area contributed by atoms with Crippen LogP contribution in [0.15, 0.2) is 67.0 Å². The Hall–Kier alpha value is -2.99. The minimum absolute atomic E-state index is 0.569. The van der Waals surface area contributed by atoms with Crippen molar-refractivity contribution in [1.29, 1.82) is 0 Å². The van der Waals surface area contributed by atoms with Crippen LogP contribution in [0.4, 0.5) is 5.82 Å². The van der Waals surface area contributed by atoms with E-state index in [9.17, 15) is 0 Å². The normalized spacial score (nSPS) is 14.3. The first-order chi connectivity index (χ1) is 14.4. The molecule has 0 unspecified atom stereocenters. The summed E-state index contributed by atoms with van der Waals surface area (Å²) in [6.45, 7) is 2.63. The van der Waals surface area contributed by atoms with Gasteiger partial charge in [-0.05, 0) is 41.5 Å². The lowest BCUT2D eigenvalue weighted by molar-refractivity contribution is 0.306. The molecule has 1 aliphatic heterocycles. The highest BCUT2D eigenvalue weighted by atomic mass is 32.2. The van der Waals surface area contributed by atoms with Gasteiger partial charge < -0.3 is 14.6 Å². The summed E-state index contributed by atoms with van der Waals surface area (Å²) >= 11 is 2.00. The summed E-state index contributed by atoms with van der Waals surface area (Å²) in [4.78, 5) is 14.8. The van der Waals surface area contributed by atoms with Gasteiger partial charge >= 0.3 is 0 Å². The van der Waals surface area contributed by atoms with Crippen LogP contribution in [0, 0.1) is 0 Å². The number of hydrogen-bond donors (Lipinski definition) is 1. The number of thioether (sulfide) groups is 1. The third-order valence-corrected chi connectivity index (χ3v) is 6.07. The van der Waals surface area contributed by atoms with Crippen LogP contribution in [-0.2, 0) is 6.61 Å². The van der Waals surface area contributed by atoms with Gasteiger partial charge in [-0.25, -0.2) is 9.97 Å². The number of aromatic amines is 1. The van der Waals surface area contributed by atoms with E-state index in [0.717, 1.165) is 64.0 Å². The maximum absolute atomic E-state index is 5.90. The highest BCUT2D eigenvalue weighted by Gasteiger charge is 2.17. The molecule has 1 aliphatic rings. The molecular formula is C23H22N4OS. The van der Waals surface area contributed by atoms with Gasteiger partial charge in [0.05, 0.1) is 5.39 Å². The standard InChI is InChI=1S/C23H22N4OS/c1-2-4-17(5-3-1)15-28-19-8-6-18(7-9-19)21-14-20-22(26-21)24-16-25-23(20)27-10-12-29-13-11-27/h1-9,14,16H,10-13,15H2,(H,24,25,26). The van der Waals surface area contributed by atoms with Crippen LogP contribution < -0.4 is 9.64 Å². The van der Waals surface area contributed by atoms with Crippen molar-refractivity contribution in [2.24, 2.45) is 0 Å². The number of fused-ring (bicyclic) bond motifs is 1. The molecule has 1 saturated heterocycles. The van der Waals surface area contributed by atoms with Crippen molar-refractivity contribution in [2.75, 3.05) is 29.5 Å². The second-order valence-corrected chi connectivity index (χ2v) is 8.27. The van der Waals surface area contributed by atoms with Crippen molar-refractivity contribution in [2.45, 2.75) is 6.61 Å². The van der Waals surface area contributed by atoms with Gasteiger partial charge in [-0.3, -0.25) is 0 Å². The lowest BCUT2D eigenvalue weighted by atomic mass is 10.1. The van der Waals surface area contributed by atoms with E-state index in [0.29, 0.717) is 6.61 Å². The number of benzene rings is 2. The highest BCUT2D eigenvalue weighted by molar-refractivity contribution is 7.99. The SMILES string of the molecule is c1ccc(COc2ccc(-c3cc4c(N5CCSCC5)ncnc4[nH]3)cc2)cc1. The van der Waals surface area contributed by atoms with Gasteiger partial charge in [0, 0.05) is 30.3 Å². The molecule has 0 saturated carbocycles. The fourth-order valence-corrected chi connectivity index (χ4v) is 4.48. The predicted octanol–water partition coefficient (Wildman–Crippen LogP) is 4.76. The van der Waals surface area contributed by atoms with E-state index >= 15 is 0 Å². The van der Waals surface area contributed by atoms with Crippen molar-refractivity contribution < 1.29 is 4.74 Å². The molecule has 0 radical (unpaired) electrons. The number of nitrogens with zero attached hydrogens (tertiary/aromatic N) is 3. The predicted molar refractivity (Wildman–Crippen MR) is 120 cm³/mol. The zero-order valence-corrected chi connectivity index (χ0v) is 16.9. The molecule has 0 atom stereocenters. The van der Waals surface area contributed by atoms with Crippen LogP contribution in [0.25, 0.3) is 22.3 Å². The maximum Gasteiger partial charge on any atom is 0.143 e. The Morgan fingerprint density at radius 3 is 2.55 bits per heavy atom. The third kappa shape index (κ3) is 3.93. The van der Waals surface area contributed by atoms with Crippen molar-refractivity contribution in [1.82, 2.24) is 15.0 Å². The van der Waals surface area contributed by atoms with Gasteiger partial charge in [0.1, 0.15) is 30.1 Å². The smallest absolute Gasteiger partial charge is 0.143 e. The second kappa shape index (κ2) is 8.17. The molecule has 6 heteroatoms. The second-order valence-electron chi connectivity index (χ2n) is 7.04. The van der Waals surface area contributed by atoms with Gasteiger partial charge in [-0.2, -0.15) is 11.8 Å². The van der Waals surface area contributed by atoms with E-state index in [1.54, 1.807) is 6.33 Å². The topological polar surface area (TPSA) is 54.0 Å². The summed E-state index contributed by atoms with van der Waals surface area (Å²) < 4.78 is 5.90. The molecule has 1 N–H and O–H groups in total. The Morgan fingerprint density at radius 1 is 0.966 bits per heavy atom. The molecule has 1 fully saturated rings. The molecule has 0 amide bonds. The van der Waals surface area contributed by atoms with E-state index in [-0.39, 0.29) is 0 Å². The molecule has 4 aromatic rings. The summed E-state index contributed by atoms with van der Waals surface area (Å²) in [6.07, 6.45) is 1.65. The number of H-pyrrole nitrogens is 1. The quantitative estimate of drug-likeness (QED) is 0.522. The van der Waals surface area contributed by atoms with Gasteiger partial charge in [-0.15, -0.1) is 0 Å². The maximum atomic E-state index is 5.90. The number of rotatable bonds is 5. The Balaban J connectivity index is 1.36. The lowest BCUT2D eigenvalue weighted by Gasteiger charge is -2.27. The van der Waals surface area contributed by atoms with Crippen LogP contribution >= 0.6 is 11.8 Å². The molecule has 3 heterocycles. The average Bonchev–Trinajstić information content (AvgIpc) is 3.24. The molecule has 146 valence electrons. The summed E-state index contributed by atoms with van der Waals surface area (Å²) in [7, 11) is 0. The number of aromatic nitrogens is 3. The van der Waals surface area contributed by atoms with Crippen molar-refractivity contribution in [3.05, 3.63) is 72.6 Å². The minimum atomic E-state index is 0.569. The average molecular weight is 403 g/mol. The molecule has 0 spiro atoms. The molecular weight excluding hydrogens is 380 g/mol. The molecule has 5 rings (SSSR count). The van der Waals surface area contributed by atoms with E-state index in [2.05, 4.69) is 50.2 Å². The summed E-state index contributed by atoms with van der Waals surface area (Å²) in [5, 5.41) is 1.08. The van der Waals surface area contributed by atoms with E-state index in [1.807, 2.05) is 42.1 Å². The summed E-state index contributed by atoms with van der Waals surface area (Å²) in [6, 6.07) is 20.5. The molecule has 5 nitrogen and oxygen atoms in total. The fraction of sp³-hybridized carbons (Fsp3) is 0.217. The molecule has 0 bridgehead atoms.